The SMILES string of the molecule is N#Cc1cc(C=O)ccc1Sc1ccc(C(F)(F)F)cn1. The van der Waals surface area contributed by atoms with Crippen molar-refractivity contribution in [3.8, 4) is 6.07 Å². The fourth-order valence-corrected chi connectivity index (χ4v) is 2.34. The number of benzene rings is 1. The molecule has 0 aliphatic rings. The van der Waals surface area contributed by atoms with Crippen molar-refractivity contribution >= 4 is 18.0 Å². The van der Waals surface area contributed by atoms with Crippen molar-refractivity contribution in [3.63, 3.8) is 0 Å². The Hall–Kier alpha value is -2.33. The number of nitriles is 1. The number of nitrogens with zero attached hydrogens (tertiary/aromatic N) is 2. The van der Waals surface area contributed by atoms with Crippen LogP contribution in [0.25, 0.3) is 0 Å². The highest BCUT2D eigenvalue weighted by atomic mass is 32.2. The minimum atomic E-state index is -4.43. The molecule has 0 saturated heterocycles. The lowest BCUT2D eigenvalue weighted by molar-refractivity contribution is -0.137. The van der Waals surface area contributed by atoms with E-state index < -0.39 is 11.7 Å². The monoisotopic (exact) mass is 308 g/mol. The number of halogens is 3. The van der Waals surface area contributed by atoms with Gasteiger partial charge in [0.2, 0.25) is 0 Å². The van der Waals surface area contributed by atoms with E-state index in [1.54, 1.807) is 6.07 Å². The molecule has 2 aromatic rings. The summed E-state index contributed by atoms with van der Waals surface area (Å²) in [5, 5.41) is 9.35. The Labute approximate surface area is 122 Å². The number of rotatable bonds is 3. The van der Waals surface area contributed by atoms with Crippen molar-refractivity contribution in [2.75, 3.05) is 0 Å². The Morgan fingerprint density at radius 2 is 2.00 bits per heavy atom. The van der Waals surface area contributed by atoms with Gasteiger partial charge in [-0.25, -0.2) is 4.98 Å². The summed E-state index contributed by atoms with van der Waals surface area (Å²) < 4.78 is 37.3. The highest BCUT2D eigenvalue weighted by molar-refractivity contribution is 7.99. The van der Waals surface area contributed by atoms with Gasteiger partial charge in [-0.1, -0.05) is 17.8 Å². The molecule has 0 radical (unpaired) electrons. The van der Waals surface area contributed by atoms with Gasteiger partial charge in [0, 0.05) is 16.7 Å². The smallest absolute Gasteiger partial charge is 0.298 e. The van der Waals surface area contributed by atoms with E-state index in [0.717, 1.165) is 24.0 Å². The van der Waals surface area contributed by atoms with E-state index in [4.69, 9.17) is 5.26 Å². The van der Waals surface area contributed by atoms with Crippen molar-refractivity contribution < 1.29 is 18.0 Å². The van der Waals surface area contributed by atoms with Gasteiger partial charge in [0.15, 0.2) is 0 Å². The van der Waals surface area contributed by atoms with Crippen LogP contribution in [0.5, 0.6) is 0 Å². The van der Waals surface area contributed by atoms with Gasteiger partial charge in [0.25, 0.3) is 0 Å². The third-order valence-electron chi connectivity index (χ3n) is 2.54. The molecule has 1 aromatic carbocycles. The van der Waals surface area contributed by atoms with Gasteiger partial charge >= 0.3 is 6.18 Å². The lowest BCUT2D eigenvalue weighted by Crippen LogP contribution is -2.05. The van der Waals surface area contributed by atoms with Crippen LogP contribution < -0.4 is 0 Å². The highest BCUT2D eigenvalue weighted by Gasteiger charge is 2.30. The Balaban J connectivity index is 2.26. The molecule has 0 saturated carbocycles. The van der Waals surface area contributed by atoms with Crippen LogP contribution in [-0.2, 0) is 6.18 Å². The predicted molar refractivity (Wildman–Crippen MR) is 69.9 cm³/mol. The van der Waals surface area contributed by atoms with Gasteiger partial charge in [-0.2, -0.15) is 18.4 Å². The minimum absolute atomic E-state index is 0.270. The maximum atomic E-state index is 12.4. The summed E-state index contributed by atoms with van der Waals surface area (Å²) in [6, 6.07) is 8.61. The van der Waals surface area contributed by atoms with Gasteiger partial charge in [-0.05, 0) is 24.3 Å². The molecule has 0 fully saturated rings. The zero-order valence-electron chi connectivity index (χ0n) is 10.4. The summed E-state index contributed by atoms with van der Waals surface area (Å²) in [4.78, 5) is 14.9. The van der Waals surface area contributed by atoms with Crippen molar-refractivity contribution in [2.24, 2.45) is 0 Å². The van der Waals surface area contributed by atoms with E-state index in [0.29, 0.717) is 21.8 Å². The van der Waals surface area contributed by atoms with E-state index in [2.05, 4.69) is 4.98 Å². The fraction of sp³-hybridized carbons (Fsp3) is 0.0714. The molecule has 2 rings (SSSR count). The molecule has 21 heavy (non-hydrogen) atoms. The molecule has 1 heterocycles. The Bertz CT molecular complexity index is 706. The molecular formula is C14H7F3N2OS. The molecule has 0 spiro atoms. The van der Waals surface area contributed by atoms with E-state index in [1.165, 1.54) is 18.2 Å². The second kappa shape index (κ2) is 5.97. The maximum Gasteiger partial charge on any atom is 0.417 e. The summed E-state index contributed by atoms with van der Waals surface area (Å²) in [7, 11) is 0. The van der Waals surface area contributed by atoms with Gasteiger partial charge in [-0.15, -0.1) is 0 Å². The zero-order valence-corrected chi connectivity index (χ0v) is 11.2. The molecule has 0 amide bonds. The topological polar surface area (TPSA) is 53.8 Å². The second-order valence-electron chi connectivity index (χ2n) is 3.97. The van der Waals surface area contributed by atoms with Crippen LogP contribution in [-0.4, -0.2) is 11.3 Å². The van der Waals surface area contributed by atoms with Crippen molar-refractivity contribution in [2.45, 2.75) is 16.1 Å². The number of carbonyl (C=O) groups excluding carboxylic acids is 1. The van der Waals surface area contributed by atoms with E-state index in [1.807, 2.05) is 6.07 Å². The van der Waals surface area contributed by atoms with E-state index >= 15 is 0 Å². The summed E-state index contributed by atoms with van der Waals surface area (Å²) >= 11 is 1.06. The number of hydrogen-bond donors (Lipinski definition) is 0. The lowest BCUT2D eigenvalue weighted by atomic mass is 10.1. The number of alkyl halides is 3. The summed E-state index contributed by atoms with van der Waals surface area (Å²) in [6.45, 7) is 0. The molecule has 106 valence electrons. The molecule has 0 aliphatic heterocycles. The van der Waals surface area contributed by atoms with E-state index in [-0.39, 0.29) is 5.56 Å². The Morgan fingerprint density at radius 1 is 1.24 bits per heavy atom. The van der Waals surface area contributed by atoms with Gasteiger partial charge in [0.05, 0.1) is 11.1 Å². The first-order chi connectivity index (χ1) is 9.94. The number of aldehydes is 1. The van der Waals surface area contributed by atoms with Crippen LogP contribution >= 0.6 is 11.8 Å². The van der Waals surface area contributed by atoms with Gasteiger partial charge in [-0.3, -0.25) is 4.79 Å². The second-order valence-corrected chi connectivity index (χ2v) is 5.03. The molecule has 0 unspecified atom stereocenters. The molecule has 0 N–H and O–H groups in total. The van der Waals surface area contributed by atoms with Crippen LogP contribution in [0, 0.1) is 11.3 Å². The van der Waals surface area contributed by atoms with Gasteiger partial charge < -0.3 is 0 Å². The number of carbonyl (C=O) groups is 1. The van der Waals surface area contributed by atoms with Crippen LogP contribution in [0.15, 0.2) is 46.5 Å². The summed E-state index contributed by atoms with van der Waals surface area (Å²) in [5.41, 5.74) is -0.203. The standard InChI is InChI=1S/C14H7F3N2OS/c15-14(16,17)11-2-4-13(19-7-11)21-12-3-1-9(8-20)5-10(12)6-18/h1-5,7-8H. The Morgan fingerprint density at radius 3 is 2.52 bits per heavy atom. The average molecular weight is 308 g/mol. The average Bonchev–Trinajstić information content (AvgIpc) is 2.47. The molecule has 7 heteroatoms. The van der Waals surface area contributed by atoms with Crippen molar-refractivity contribution in [1.82, 2.24) is 4.98 Å². The lowest BCUT2D eigenvalue weighted by Gasteiger charge is -2.07. The molecule has 0 bridgehead atoms. The fourth-order valence-electron chi connectivity index (χ4n) is 1.52. The number of pyridine rings is 1. The number of hydrogen-bond acceptors (Lipinski definition) is 4. The van der Waals surface area contributed by atoms with Crippen LogP contribution in [0.2, 0.25) is 0 Å². The third kappa shape index (κ3) is 3.61. The summed E-state index contributed by atoms with van der Waals surface area (Å²) in [5.74, 6) is 0. The minimum Gasteiger partial charge on any atom is -0.298 e. The first-order valence-corrected chi connectivity index (χ1v) is 6.46. The van der Waals surface area contributed by atoms with Crippen LogP contribution in [0.1, 0.15) is 21.5 Å². The largest absolute Gasteiger partial charge is 0.417 e. The molecule has 1 aromatic heterocycles. The van der Waals surface area contributed by atoms with Crippen molar-refractivity contribution in [1.29, 1.82) is 5.26 Å². The quantitative estimate of drug-likeness (QED) is 0.806. The zero-order chi connectivity index (χ0) is 15.5. The van der Waals surface area contributed by atoms with Crippen LogP contribution in [0.4, 0.5) is 13.2 Å². The van der Waals surface area contributed by atoms with Crippen LogP contribution in [0.3, 0.4) is 0 Å². The highest BCUT2D eigenvalue weighted by Crippen LogP contribution is 2.32. The van der Waals surface area contributed by atoms with Gasteiger partial charge in [0.1, 0.15) is 17.4 Å². The molecule has 0 aliphatic carbocycles. The maximum absolute atomic E-state index is 12.4. The molecule has 0 atom stereocenters. The molecule has 3 nitrogen and oxygen atoms in total. The first kappa shape index (κ1) is 15.1. The third-order valence-corrected chi connectivity index (χ3v) is 3.56. The summed E-state index contributed by atoms with van der Waals surface area (Å²) in [6.07, 6.45) is -3.07. The Kier molecular flexibility index (Phi) is 4.29. The van der Waals surface area contributed by atoms with Crippen molar-refractivity contribution in [3.05, 3.63) is 53.2 Å². The predicted octanol–water partition coefficient (Wildman–Crippen LogP) is 3.94. The normalized spacial score (nSPS) is 11.0. The number of aromatic nitrogens is 1. The first-order valence-electron chi connectivity index (χ1n) is 5.64. The molecular weight excluding hydrogens is 301 g/mol. The van der Waals surface area contributed by atoms with E-state index in [9.17, 15) is 18.0 Å².